The molecule has 1 N–H and O–H groups in total. The molecule has 0 saturated carbocycles. The van der Waals surface area contributed by atoms with Crippen LogP contribution >= 0.6 is 0 Å². The molecule has 2 amide bonds. The minimum atomic E-state index is -0.606. The lowest BCUT2D eigenvalue weighted by molar-refractivity contribution is -0.142. The van der Waals surface area contributed by atoms with Crippen molar-refractivity contribution in [2.75, 3.05) is 6.61 Å². The molecule has 5 heteroatoms. The average Bonchev–Trinajstić information content (AvgIpc) is 2.75. The molecule has 2 atom stereocenters. The lowest BCUT2D eigenvalue weighted by atomic mass is 10.0. The quantitative estimate of drug-likeness (QED) is 0.594. The number of carbonyl (C=O) groups excluding carboxylic acids is 2. The summed E-state index contributed by atoms with van der Waals surface area (Å²) in [6.45, 7) is 12.2. The molecule has 2 aromatic rings. The van der Waals surface area contributed by atoms with Crippen molar-refractivity contribution in [1.29, 1.82) is 0 Å². The number of hydrogen-bond donors (Lipinski definition) is 1. The van der Waals surface area contributed by atoms with E-state index in [4.69, 9.17) is 4.74 Å². The Labute approximate surface area is 186 Å². The second-order valence-corrected chi connectivity index (χ2v) is 8.49. The zero-order valence-electron chi connectivity index (χ0n) is 19.6. The van der Waals surface area contributed by atoms with Gasteiger partial charge in [-0.3, -0.25) is 9.59 Å². The Kier molecular flexibility index (Phi) is 9.10. The Hall–Kier alpha value is -2.82. The molecule has 5 nitrogen and oxygen atoms in total. The fourth-order valence-corrected chi connectivity index (χ4v) is 3.37. The Morgan fingerprint density at radius 3 is 2.39 bits per heavy atom. The lowest BCUT2D eigenvalue weighted by Crippen LogP contribution is -2.50. The molecule has 0 aliphatic rings. The highest BCUT2D eigenvalue weighted by atomic mass is 16.5. The van der Waals surface area contributed by atoms with Crippen molar-refractivity contribution >= 4 is 11.8 Å². The molecule has 0 aliphatic heterocycles. The van der Waals surface area contributed by atoms with E-state index in [-0.39, 0.29) is 30.4 Å². The number of amides is 2. The highest BCUT2D eigenvalue weighted by Gasteiger charge is 2.27. The predicted molar refractivity (Wildman–Crippen MR) is 125 cm³/mol. The third-order valence-electron chi connectivity index (χ3n) is 5.50. The van der Waals surface area contributed by atoms with Gasteiger partial charge in [-0.25, -0.2) is 0 Å². The summed E-state index contributed by atoms with van der Waals surface area (Å²) in [5, 5.41) is 2.99. The predicted octanol–water partition coefficient (Wildman–Crippen LogP) is 4.83. The number of hydrogen-bond acceptors (Lipinski definition) is 3. The van der Waals surface area contributed by atoms with Gasteiger partial charge in [0.25, 0.3) is 5.91 Å². The van der Waals surface area contributed by atoms with Crippen LogP contribution in [0.4, 0.5) is 0 Å². The van der Waals surface area contributed by atoms with Crippen LogP contribution in [0.3, 0.4) is 0 Å². The average molecular weight is 425 g/mol. The molecule has 0 saturated heterocycles. The zero-order chi connectivity index (χ0) is 23.0. The molecule has 0 fully saturated rings. The van der Waals surface area contributed by atoms with Crippen molar-refractivity contribution < 1.29 is 14.3 Å². The third kappa shape index (κ3) is 7.12. The molecule has 0 aromatic heterocycles. The molecule has 0 aliphatic carbocycles. The van der Waals surface area contributed by atoms with Crippen LogP contribution in [0.1, 0.15) is 63.6 Å². The first-order valence-electron chi connectivity index (χ1n) is 11.1. The summed E-state index contributed by atoms with van der Waals surface area (Å²) in [5.74, 6) is 0.623. The highest BCUT2D eigenvalue weighted by Crippen LogP contribution is 2.26. The number of nitrogens with zero attached hydrogens (tertiary/aromatic N) is 1. The molecular formula is C26H36N2O3. The normalized spacial score (nSPS) is 12.9. The first-order valence-corrected chi connectivity index (χ1v) is 11.1. The third-order valence-corrected chi connectivity index (χ3v) is 5.50. The Morgan fingerprint density at radius 2 is 1.74 bits per heavy atom. The molecule has 2 aromatic carbocycles. The first kappa shape index (κ1) is 24.4. The van der Waals surface area contributed by atoms with Crippen LogP contribution in [-0.4, -0.2) is 35.4 Å². The summed E-state index contributed by atoms with van der Waals surface area (Å²) in [6, 6.07) is 15.2. The van der Waals surface area contributed by atoms with Crippen LogP contribution in [-0.2, 0) is 16.1 Å². The molecule has 0 radical (unpaired) electrons. The second-order valence-electron chi connectivity index (χ2n) is 8.49. The molecule has 0 heterocycles. The number of aryl methyl sites for hydroxylation is 1. The van der Waals surface area contributed by atoms with E-state index in [1.54, 1.807) is 11.8 Å². The Morgan fingerprint density at radius 1 is 1.03 bits per heavy atom. The van der Waals surface area contributed by atoms with Crippen LogP contribution in [0.5, 0.6) is 5.75 Å². The summed E-state index contributed by atoms with van der Waals surface area (Å²) >= 11 is 0. The number of nitrogens with one attached hydrogen (secondary N) is 1. The van der Waals surface area contributed by atoms with Gasteiger partial charge in [-0.15, -0.1) is 0 Å². The second kappa shape index (κ2) is 11.5. The van der Waals surface area contributed by atoms with E-state index < -0.39 is 6.04 Å². The van der Waals surface area contributed by atoms with Gasteiger partial charge in [0.2, 0.25) is 5.91 Å². The van der Waals surface area contributed by atoms with Gasteiger partial charge in [0.05, 0.1) is 0 Å². The van der Waals surface area contributed by atoms with E-state index in [2.05, 4.69) is 19.2 Å². The van der Waals surface area contributed by atoms with Crippen molar-refractivity contribution in [3.05, 3.63) is 65.2 Å². The van der Waals surface area contributed by atoms with Crippen molar-refractivity contribution in [3.63, 3.8) is 0 Å². The fraction of sp³-hybridized carbons (Fsp3) is 0.462. The topological polar surface area (TPSA) is 58.6 Å². The van der Waals surface area contributed by atoms with Crippen molar-refractivity contribution in [1.82, 2.24) is 10.2 Å². The van der Waals surface area contributed by atoms with Gasteiger partial charge in [0.15, 0.2) is 6.61 Å². The molecule has 0 spiro atoms. The van der Waals surface area contributed by atoms with E-state index in [0.29, 0.717) is 12.3 Å². The summed E-state index contributed by atoms with van der Waals surface area (Å²) in [7, 11) is 0. The number of rotatable bonds is 10. The smallest absolute Gasteiger partial charge is 0.261 e. The van der Waals surface area contributed by atoms with Gasteiger partial charge in [0, 0.05) is 12.6 Å². The molecule has 31 heavy (non-hydrogen) atoms. The van der Waals surface area contributed by atoms with E-state index in [1.165, 1.54) is 0 Å². The van der Waals surface area contributed by atoms with E-state index in [9.17, 15) is 9.59 Å². The largest absolute Gasteiger partial charge is 0.483 e. The summed E-state index contributed by atoms with van der Waals surface area (Å²) < 4.78 is 5.91. The number of ether oxygens (including phenoxy) is 1. The maximum Gasteiger partial charge on any atom is 0.261 e. The van der Waals surface area contributed by atoms with E-state index in [1.807, 2.05) is 69.3 Å². The van der Waals surface area contributed by atoms with E-state index in [0.717, 1.165) is 23.1 Å². The summed E-state index contributed by atoms with van der Waals surface area (Å²) in [5.41, 5.74) is 3.16. The van der Waals surface area contributed by atoms with Gasteiger partial charge in [-0.1, -0.05) is 68.8 Å². The van der Waals surface area contributed by atoms with Crippen LogP contribution in [0.25, 0.3) is 0 Å². The molecule has 2 rings (SSSR count). The number of para-hydroxylation sites is 1. The maximum absolute atomic E-state index is 13.2. The Balaban J connectivity index is 2.20. The van der Waals surface area contributed by atoms with Crippen LogP contribution in [0, 0.1) is 6.92 Å². The lowest BCUT2D eigenvalue weighted by Gasteiger charge is -2.30. The first-order chi connectivity index (χ1) is 14.7. The molecule has 168 valence electrons. The maximum atomic E-state index is 13.2. The van der Waals surface area contributed by atoms with Gasteiger partial charge in [-0.05, 0) is 50.3 Å². The fourth-order valence-electron chi connectivity index (χ4n) is 3.37. The summed E-state index contributed by atoms with van der Waals surface area (Å²) in [4.78, 5) is 27.6. The number of benzene rings is 2. The number of carbonyl (C=O) groups is 2. The van der Waals surface area contributed by atoms with Gasteiger partial charge < -0.3 is 15.0 Å². The molecule has 0 bridgehead atoms. The molecule has 0 unspecified atom stereocenters. The molecular weight excluding hydrogens is 388 g/mol. The SMILES string of the molecule is CC[C@@H](C)NC(=O)[C@H](C)N(Cc1cccc(C)c1)C(=O)COc1ccccc1C(C)C. The van der Waals surface area contributed by atoms with Crippen molar-refractivity contribution in [2.45, 2.75) is 72.5 Å². The minimum Gasteiger partial charge on any atom is -0.483 e. The van der Waals surface area contributed by atoms with Crippen LogP contribution < -0.4 is 10.1 Å². The zero-order valence-corrected chi connectivity index (χ0v) is 19.6. The minimum absolute atomic E-state index is 0.0556. The highest BCUT2D eigenvalue weighted by molar-refractivity contribution is 5.88. The Bertz CT molecular complexity index is 878. The van der Waals surface area contributed by atoms with Crippen LogP contribution in [0.15, 0.2) is 48.5 Å². The van der Waals surface area contributed by atoms with E-state index >= 15 is 0 Å². The van der Waals surface area contributed by atoms with Crippen molar-refractivity contribution in [2.24, 2.45) is 0 Å². The monoisotopic (exact) mass is 424 g/mol. The van der Waals surface area contributed by atoms with Gasteiger partial charge in [-0.2, -0.15) is 0 Å². The summed E-state index contributed by atoms with van der Waals surface area (Å²) in [6.07, 6.45) is 0.833. The van der Waals surface area contributed by atoms with Gasteiger partial charge >= 0.3 is 0 Å². The van der Waals surface area contributed by atoms with Gasteiger partial charge in [0.1, 0.15) is 11.8 Å². The standard InChI is InChI=1S/C26H36N2O3/c1-7-20(5)27-26(30)21(6)28(16-22-12-10-11-19(4)15-22)25(29)17-31-24-14-9-8-13-23(24)18(2)3/h8-15,18,20-21H,7,16-17H2,1-6H3,(H,27,30)/t20-,21+/m1/s1. The van der Waals surface area contributed by atoms with Crippen LogP contribution in [0.2, 0.25) is 0 Å². The van der Waals surface area contributed by atoms with Crippen molar-refractivity contribution in [3.8, 4) is 5.75 Å².